The van der Waals surface area contributed by atoms with Gasteiger partial charge < -0.3 is 0 Å². The SMILES string of the molecule is CC(C)(C(c1ccccc1)c1ccccc1)[SiH]1C=CC=C1. The van der Waals surface area contributed by atoms with Crippen LogP contribution in [0.25, 0.3) is 0 Å². The van der Waals surface area contributed by atoms with E-state index >= 15 is 0 Å². The fourth-order valence-corrected chi connectivity index (χ4v) is 6.09. The zero-order valence-corrected chi connectivity index (χ0v) is 13.9. The molecule has 0 amide bonds. The van der Waals surface area contributed by atoms with Gasteiger partial charge in [-0.25, -0.2) is 0 Å². The number of benzene rings is 2. The minimum absolute atomic E-state index is 0.270. The van der Waals surface area contributed by atoms with E-state index < -0.39 is 8.80 Å². The molecule has 0 bridgehead atoms. The molecule has 0 atom stereocenters. The molecule has 0 aliphatic carbocycles. The molecule has 0 saturated carbocycles. The normalized spacial score (nSPS) is 15.0. The molecule has 0 saturated heterocycles. The third-order valence-corrected chi connectivity index (χ3v) is 7.94. The summed E-state index contributed by atoms with van der Waals surface area (Å²) >= 11 is 0. The van der Waals surface area contributed by atoms with Crippen molar-refractivity contribution in [2.24, 2.45) is 0 Å². The first-order chi connectivity index (χ1) is 10.2. The molecule has 0 aromatic heterocycles. The largest absolute Gasteiger partial charge is 0.0930 e. The highest BCUT2D eigenvalue weighted by Gasteiger charge is 2.38. The Morgan fingerprint density at radius 3 is 1.57 bits per heavy atom. The molecule has 1 heterocycles. The Bertz CT molecular complexity index is 587. The molecule has 2 aromatic carbocycles. The second-order valence-electron chi connectivity index (χ2n) is 6.37. The fourth-order valence-electron chi connectivity index (χ4n) is 3.46. The first kappa shape index (κ1) is 14.1. The van der Waals surface area contributed by atoms with Crippen molar-refractivity contribution in [3.63, 3.8) is 0 Å². The molecular formula is C20H22Si. The van der Waals surface area contributed by atoms with Crippen molar-refractivity contribution in [2.45, 2.75) is 24.8 Å². The van der Waals surface area contributed by atoms with Crippen LogP contribution in [0.5, 0.6) is 0 Å². The first-order valence-corrected chi connectivity index (χ1v) is 9.55. The average Bonchev–Trinajstić information content (AvgIpc) is 3.04. The van der Waals surface area contributed by atoms with Crippen molar-refractivity contribution in [3.8, 4) is 0 Å². The van der Waals surface area contributed by atoms with Crippen LogP contribution in [0.15, 0.2) is 84.2 Å². The number of rotatable bonds is 4. The second-order valence-corrected chi connectivity index (χ2v) is 9.68. The van der Waals surface area contributed by atoms with E-state index in [9.17, 15) is 0 Å². The van der Waals surface area contributed by atoms with Gasteiger partial charge in [-0.3, -0.25) is 0 Å². The maximum Gasteiger partial charge on any atom is 0.0916 e. The van der Waals surface area contributed by atoms with Gasteiger partial charge in [0.1, 0.15) is 0 Å². The first-order valence-electron chi connectivity index (χ1n) is 7.64. The van der Waals surface area contributed by atoms with Gasteiger partial charge in [0.2, 0.25) is 0 Å². The van der Waals surface area contributed by atoms with Crippen LogP contribution in [0.1, 0.15) is 30.9 Å². The van der Waals surface area contributed by atoms with E-state index in [0.29, 0.717) is 5.92 Å². The summed E-state index contributed by atoms with van der Waals surface area (Å²) in [5.41, 5.74) is 7.77. The van der Waals surface area contributed by atoms with E-state index in [1.54, 1.807) is 0 Å². The summed E-state index contributed by atoms with van der Waals surface area (Å²) in [4.78, 5) is 0. The molecular weight excluding hydrogens is 268 g/mol. The monoisotopic (exact) mass is 290 g/mol. The lowest BCUT2D eigenvalue weighted by molar-refractivity contribution is 0.578. The van der Waals surface area contributed by atoms with Gasteiger partial charge >= 0.3 is 0 Å². The van der Waals surface area contributed by atoms with Gasteiger partial charge in [-0.2, -0.15) is 0 Å². The third kappa shape index (κ3) is 2.79. The van der Waals surface area contributed by atoms with Crippen molar-refractivity contribution < 1.29 is 0 Å². The van der Waals surface area contributed by atoms with Crippen LogP contribution in [0, 0.1) is 0 Å². The van der Waals surface area contributed by atoms with Crippen LogP contribution < -0.4 is 0 Å². The maximum atomic E-state index is 2.46. The molecule has 0 radical (unpaired) electrons. The van der Waals surface area contributed by atoms with Crippen LogP contribution >= 0.6 is 0 Å². The highest BCUT2D eigenvalue weighted by Crippen LogP contribution is 2.49. The Morgan fingerprint density at radius 2 is 1.14 bits per heavy atom. The summed E-state index contributed by atoms with van der Waals surface area (Å²) in [5, 5.41) is 0.270. The molecule has 0 nitrogen and oxygen atoms in total. The molecule has 3 rings (SSSR count). The average molecular weight is 290 g/mol. The lowest BCUT2D eigenvalue weighted by atomic mass is 9.82. The van der Waals surface area contributed by atoms with Crippen LogP contribution in [-0.4, -0.2) is 8.80 Å². The summed E-state index contributed by atoms with van der Waals surface area (Å²) < 4.78 is 0. The lowest BCUT2D eigenvalue weighted by Crippen LogP contribution is -2.30. The number of hydrogen-bond donors (Lipinski definition) is 0. The van der Waals surface area contributed by atoms with Gasteiger partial charge in [-0.15, -0.1) is 0 Å². The lowest BCUT2D eigenvalue weighted by Gasteiger charge is -2.38. The van der Waals surface area contributed by atoms with Crippen LogP contribution in [0.2, 0.25) is 5.04 Å². The summed E-state index contributed by atoms with van der Waals surface area (Å²) in [6.45, 7) is 4.88. The third-order valence-electron chi connectivity index (χ3n) is 4.62. The van der Waals surface area contributed by atoms with E-state index in [0.717, 1.165) is 0 Å². The topological polar surface area (TPSA) is 0 Å². The zero-order valence-electron chi connectivity index (χ0n) is 12.7. The van der Waals surface area contributed by atoms with Crippen molar-refractivity contribution in [2.75, 3.05) is 0 Å². The van der Waals surface area contributed by atoms with Gasteiger partial charge in [0.15, 0.2) is 0 Å². The molecule has 0 unspecified atom stereocenters. The van der Waals surface area contributed by atoms with Crippen molar-refractivity contribution in [3.05, 3.63) is 95.3 Å². The van der Waals surface area contributed by atoms with Crippen LogP contribution in [0.4, 0.5) is 0 Å². The molecule has 0 spiro atoms. The van der Waals surface area contributed by atoms with Crippen LogP contribution in [-0.2, 0) is 0 Å². The van der Waals surface area contributed by atoms with Gasteiger partial charge in [0, 0.05) is 5.92 Å². The summed E-state index contributed by atoms with van der Waals surface area (Å²) in [6, 6.07) is 21.9. The second kappa shape index (κ2) is 5.86. The Labute approximate surface area is 129 Å². The smallest absolute Gasteiger partial charge is 0.0916 e. The predicted octanol–water partition coefficient (Wildman–Crippen LogP) is 5.03. The van der Waals surface area contributed by atoms with E-state index in [1.165, 1.54) is 11.1 Å². The van der Waals surface area contributed by atoms with Gasteiger partial charge in [0.05, 0.1) is 8.80 Å². The summed E-state index contributed by atoms with van der Waals surface area (Å²) in [6.07, 6.45) is 4.46. The van der Waals surface area contributed by atoms with Gasteiger partial charge in [-0.1, -0.05) is 98.1 Å². The standard InChI is InChI=1S/C20H22Si/c1-20(2,21-15-9-10-16-21)19(17-11-5-3-6-12-17)18-13-7-4-8-14-18/h3-16,19,21H,1-2H3. The van der Waals surface area contributed by atoms with E-state index in [-0.39, 0.29) is 5.04 Å². The number of allylic oxidation sites excluding steroid dienone is 2. The molecule has 1 aliphatic rings. The Hall–Kier alpha value is -1.86. The van der Waals surface area contributed by atoms with Crippen molar-refractivity contribution in [1.29, 1.82) is 0 Å². The fraction of sp³-hybridized carbons (Fsp3) is 0.200. The van der Waals surface area contributed by atoms with Crippen molar-refractivity contribution in [1.82, 2.24) is 0 Å². The molecule has 106 valence electrons. The van der Waals surface area contributed by atoms with E-state index in [1.807, 2.05) is 0 Å². The minimum Gasteiger partial charge on any atom is -0.0930 e. The maximum absolute atomic E-state index is 2.46. The molecule has 21 heavy (non-hydrogen) atoms. The van der Waals surface area contributed by atoms with Crippen LogP contribution in [0.3, 0.4) is 0 Å². The summed E-state index contributed by atoms with van der Waals surface area (Å²) in [5.74, 6) is 0.448. The molecule has 0 N–H and O–H groups in total. The molecule has 1 heteroatoms. The Kier molecular flexibility index (Phi) is 3.93. The molecule has 2 aromatic rings. The van der Waals surface area contributed by atoms with Gasteiger partial charge in [-0.05, 0) is 16.2 Å². The summed E-state index contributed by atoms with van der Waals surface area (Å²) in [7, 11) is -1.05. The highest BCUT2D eigenvalue weighted by molar-refractivity contribution is 6.73. The van der Waals surface area contributed by atoms with E-state index in [4.69, 9.17) is 0 Å². The molecule has 0 fully saturated rings. The minimum atomic E-state index is -1.05. The van der Waals surface area contributed by atoms with Crippen molar-refractivity contribution >= 4 is 8.80 Å². The molecule has 1 aliphatic heterocycles. The Morgan fingerprint density at radius 1 is 0.714 bits per heavy atom. The van der Waals surface area contributed by atoms with Gasteiger partial charge in [0.25, 0.3) is 0 Å². The highest BCUT2D eigenvalue weighted by atomic mass is 28.3. The van der Waals surface area contributed by atoms with E-state index in [2.05, 4.69) is 98.1 Å². The predicted molar refractivity (Wildman–Crippen MR) is 94.2 cm³/mol. The Balaban J connectivity index is 2.08. The number of hydrogen-bond acceptors (Lipinski definition) is 0. The quantitative estimate of drug-likeness (QED) is 0.693. The zero-order chi connectivity index (χ0) is 14.7.